The highest BCUT2D eigenvalue weighted by Crippen LogP contribution is 2.40. The first-order chi connectivity index (χ1) is 16.0. The predicted octanol–water partition coefficient (Wildman–Crippen LogP) is 4.59. The van der Waals surface area contributed by atoms with Crippen LogP contribution in [0.2, 0.25) is 0 Å². The maximum atomic E-state index is 12.8. The van der Waals surface area contributed by atoms with Crippen molar-refractivity contribution in [3.05, 3.63) is 83.1 Å². The van der Waals surface area contributed by atoms with Crippen molar-refractivity contribution in [2.75, 3.05) is 27.9 Å². The number of carbonyl (C=O) groups excluding carboxylic acids is 2. The summed E-state index contributed by atoms with van der Waals surface area (Å²) in [5, 5.41) is 0. The van der Waals surface area contributed by atoms with Crippen molar-refractivity contribution < 1.29 is 33.3 Å². The molecule has 0 amide bonds. The normalized spacial score (nSPS) is 13.3. The molecular formula is C26H22O7. The number of ether oxygens (including phenoxy) is 5. The predicted molar refractivity (Wildman–Crippen MR) is 122 cm³/mol. The number of methoxy groups -OCH3 is 3. The molecule has 1 aliphatic rings. The Labute approximate surface area is 191 Å². The van der Waals surface area contributed by atoms with Crippen LogP contribution < -0.4 is 23.7 Å². The lowest BCUT2D eigenvalue weighted by Crippen LogP contribution is -2.11. The molecule has 3 aromatic rings. The second-order valence-electron chi connectivity index (χ2n) is 7.13. The van der Waals surface area contributed by atoms with Gasteiger partial charge in [0.15, 0.2) is 29.6 Å². The maximum absolute atomic E-state index is 12.8. The van der Waals surface area contributed by atoms with E-state index in [1.165, 1.54) is 21.3 Å². The lowest BCUT2D eigenvalue weighted by molar-refractivity contribution is 0.0921. The number of hydrogen-bond acceptors (Lipinski definition) is 7. The van der Waals surface area contributed by atoms with Gasteiger partial charge >= 0.3 is 0 Å². The quantitative estimate of drug-likeness (QED) is 0.370. The highest BCUT2D eigenvalue weighted by molar-refractivity contribution is 6.14. The molecule has 7 nitrogen and oxygen atoms in total. The summed E-state index contributed by atoms with van der Waals surface area (Å²) in [4.78, 5) is 25.1. The van der Waals surface area contributed by atoms with Crippen molar-refractivity contribution in [3.8, 4) is 28.7 Å². The van der Waals surface area contributed by atoms with Gasteiger partial charge in [-0.1, -0.05) is 30.3 Å². The number of Topliss-reactive ketones (excluding diaryl/α,β-unsaturated/α-hetero) is 2. The zero-order valence-corrected chi connectivity index (χ0v) is 18.4. The van der Waals surface area contributed by atoms with Crippen LogP contribution in [0.3, 0.4) is 0 Å². The number of allylic oxidation sites excluding steroid dienone is 1. The minimum Gasteiger partial charge on any atom is -0.493 e. The average molecular weight is 446 g/mol. The molecule has 168 valence electrons. The summed E-state index contributed by atoms with van der Waals surface area (Å²) in [6.07, 6.45) is 1.60. The smallest absolute Gasteiger partial charge is 0.231 e. The SMILES string of the molecule is COc1cc(/C=C2\Oc3cc(OCC(=O)c4ccccc4)ccc3C2=O)cc(OC)c1OC. The lowest BCUT2D eigenvalue weighted by atomic mass is 10.1. The number of hydrogen-bond donors (Lipinski definition) is 0. The Bertz CT molecular complexity index is 1200. The molecule has 3 aromatic carbocycles. The number of benzene rings is 3. The van der Waals surface area contributed by atoms with Crippen molar-refractivity contribution >= 4 is 17.6 Å². The highest BCUT2D eigenvalue weighted by atomic mass is 16.5. The van der Waals surface area contributed by atoms with Crippen LogP contribution in [0.4, 0.5) is 0 Å². The maximum Gasteiger partial charge on any atom is 0.231 e. The van der Waals surface area contributed by atoms with Crippen LogP contribution in [0.15, 0.2) is 66.4 Å². The lowest BCUT2D eigenvalue weighted by Gasteiger charge is -2.13. The first-order valence-corrected chi connectivity index (χ1v) is 10.1. The summed E-state index contributed by atoms with van der Waals surface area (Å²) < 4.78 is 27.5. The minimum absolute atomic E-state index is 0.120. The van der Waals surface area contributed by atoms with E-state index in [4.69, 9.17) is 23.7 Å². The van der Waals surface area contributed by atoms with E-state index < -0.39 is 0 Å². The first kappa shape index (κ1) is 22.0. The molecule has 0 saturated carbocycles. The van der Waals surface area contributed by atoms with Crippen molar-refractivity contribution in [2.24, 2.45) is 0 Å². The molecule has 0 saturated heterocycles. The van der Waals surface area contributed by atoms with Crippen molar-refractivity contribution in [1.29, 1.82) is 0 Å². The molecule has 0 atom stereocenters. The van der Waals surface area contributed by atoms with E-state index in [2.05, 4.69) is 0 Å². The van der Waals surface area contributed by atoms with Gasteiger partial charge in [-0.05, 0) is 35.9 Å². The standard InChI is InChI=1S/C26H22O7/c1-29-23-12-16(13-24(30-2)26(23)31-3)11-22-25(28)19-10-9-18(14-21(19)33-22)32-15-20(27)17-7-5-4-6-8-17/h4-14H,15H2,1-3H3/b22-11-. The fourth-order valence-corrected chi connectivity index (χ4v) is 3.45. The third-order valence-corrected chi connectivity index (χ3v) is 5.09. The topological polar surface area (TPSA) is 80.3 Å². The molecule has 0 N–H and O–H groups in total. The van der Waals surface area contributed by atoms with E-state index in [0.717, 1.165) is 0 Å². The summed E-state index contributed by atoms with van der Waals surface area (Å²) in [5.74, 6) is 1.92. The average Bonchev–Trinajstić information content (AvgIpc) is 3.16. The van der Waals surface area contributed by atoms with Crippen LogP contribution in [0.1, 0.15) is 26.3 Å². The molecule has 7 heteroatoms. The van der Waals surface area contributed by atoms with Crippen LogP contribution in [0.5, 0.6) is 28.7 Å². The molecule has 0 spiro atoms. The molecule has 0 aromatic heterocycles. The Morgan fingerprint density at radius 3 is 2.24 bits per heavy atom. The zero-order chi connectivity index (χ0) is 23.4. The van der Waals surface area contributed by atoms with Gasteiger partial charge in [-0.25, -0.2) is 0 Å². The largest absolute Gasteiger partial charge is 0.493 e. The summed E-state index contributed by atoms with van der Waals surface area (Å²) in [6, 6.07) is 17.2. The van der Waals surface area contributed by atoms with Crippen LogP contribution in [-0.2, 0) is 0 Å². The van der Waals surface area contributed by atoms with Crippen molar-refractivity contribution in [2.45, 2.75) is 0 Å². The molecule has 33 heavy (non-hydrogen) atoms. The second-order valence-corrected chi connectivity index (χ2v) is 7.13. The molecule has 0 radical (unpaired) electrons. The van der Waals surface area contributed by atoms with Crippen molar-refractivity contribution in [1.82, 2.24) is 0 Å². The summed E-state index contributed by atoms with van der Waals surface area (Å²) >= 11 is 0. The Balaban J connectivity index is 1.53. The molecular weight excluding hydrogens is 424 g/mol. The Morgan fingerprint density at radius 1 is 0.909 bits per heavy atom. The van der Waals surface area contributed by atoms with Crippen molar-refractivity contribution in [3.63, 3.8) is 0 Å². The van der Waals surface area contributed by atoms with Gasteiger partial charge in [0, 0.05) is 11.6 Å². The number of ketones is 2. The summed E-state index contributed by atoms with van der Waals surface area (Å²) in [6.45, 7) is -0.120. The number of carbonyl (C=O) groups is 2. The summed E-state index contributed by atoms with van der Waals surface area (Å²) in [5.41, 5.74) is 1.63. The van der Waals surface area contributed by atoms with Crippen LogP contribution in [0, 0.1) is 0 Å². The Hall–Kier alpha value is -4.26. The third kappa shape index (κ3) is 4.52. The molecule has 4 rings (SSSR count). The van der Waals surface area contributed by atoms with E-state index in [-0.39, 0.29) is 23.9 Å². The number of fused-ring (bicyclic) bond motifs is 1. The van der Waals surface area contributed by atoms with Gasteiger partial charge in [-0.3, -0.25) is 9.59 Å². The molecule has 0 aliphatic carbocycles. The highest BCUT2D eigenvalue weighted by Gasteiger charge is 2.28. The summed E-state index contributed by atoms with van der Waals surface area (Å²) in [7, 11) is 4.56. The van der Waals surface area contributed by atoms with Gasteiger partial charge in [0.2, 0.25) is 11.5 Å². The van der Waals surface area contributed by atoms with Gasteiger partial charge < -0.3 is 23.7 Å². The van der Waals surface area contributed by atoms with Crippen LogP contribution >= 0.6 is 0 Å². The van der Waals surface area contributed by atoms with E-state index in [0.29, 0.717) is 45.4 Å². The van der Waals surface area contributed by atoms with Gasteiger partial charge in [0.1, 0.15) is 11.5 Å². The van der Waals surface area contributed by atoms with E-state index in [1.807, 2.05) is 6.07 Å². The molecule has 0 unspecified atom stereocenters. The Morgan fingerprint density at radius 2 is 1.61 bits per heavy atom. The van der Waals surface area contributed by atoms with Crippen LogP contribution in [-0.4, -0.2) is 39.5 Å². The third-order valence-electron chi connectivity index (χ3n) is 5.09. The van der Waals surface area contributed by atoms with Gasteiger partial charge in [0.05, 0.1) is 26.9 Å². The second kappa shape index (κ2) is 9.48. The fraction of sp³-hybridized carbons (Fsp3) is 0.154. The van der Waals surface area contributed by atoms with Gasteiger partial charge in [-0.2, -0.15) is 0 Å². The van der Waals surface area contributed by atoms with Crippen LogP contribution in [0.25, 0.3) is 6.08 Å². The Kier molecular flexibility index (Phi) is 6.31. The molecule has 1 aliphatic heterocycles. The van der Waals surface area contributed by atoms with E-state index in [1.54, 1.807) is 60.7 Å². The minimum atomic E-state index is -0.259. The van der Waals surface area contributed by atoms with Gasteiger partial charge in [0.25, 0.3) is 0 Å². The molecule has 0 bridgehead atoms. The number of rotatable bonds is 8. The van der Waals surface area contributed by atoms with E-state index >= 15 is 0 Å². The fourth-order valence-electron chi connectivity index (χ4n) is 3.45. The molecule has 1 heterocycles. The molecule has 0 fully saturated rings. The van der Waals surface area contributed by atoms with E-state index in [9.17, 15) is 9.59 Å². The van der Waals surface area contributed by atoms with Gasteiger partial charge in [-0.15, -0.1) is 0 Å². The monoisotopic (exact) mass is 446 g/mol. The first-order valence-electron chi connectivity index (χ1n) is 10.1. The zero-order valence-electron chi connectivity index (χ0n) is 18.4.